The molecule has 0 aliphatic heterocycles. The van der Waals surface area contributed by atoms with Crippen molar-refractivity contribution in [2.75, 3.05) is 7.05 Å². The van der Waals surface area contributed by atoms with Crippen LogP contribution in [0.2, 0.25) is 0 Å². The lowest BCUT2D eigenvalue weighted by Crippen LogP contribution is -2.19. The molecule has 1 N–H and O–H groups in total. The molecule has 15 heavy (non-hydrogen) atoms. The van der Waals surface area contributed by atoms with Crippen molar-refractivity contribution in [2.45, 2.75) is 18.9 Å². The van der Waals surface area contributed by atoms with Crippen LogP contribution in [0.15, 0.2) is 16.9 Å². The predicted octanol–water partition coefficient (Wildman–Crippen LogP) is 1.74. The fourth-order valence-electron chi connectivity index (χ4n) is 1.19. The molecule has 0 aromatic carbocycles. The van der Waals surface area contributed by atoms with E-state index in [1.54, 1.807) is 13.2 Å². The molecule has 1 amide bonds. The molecule has 1 aliphatic rings. The van der Waals surface area contributed by atoms with Crippen molar-refractivity contribution in [3.8, 4) is 5.75 Å². The average molecular weight is 271 g/mol. The molecule has 1 aromatic rings. The summed E-state index contributed by atoms with van der Waals surface area (Å²) >= 11 is 3.33. The summed E-state index contributed by atoms with van der Waals surface area (Å²) < 4.78 is 6.38. The normalized spacial score (nSPS) is 14.8. The Kier molecular flexibility index (Phi) is 2.90. The maximum atomic E-state index is 11.5. The van der Waals surface area contributed by atoms with Crippen LogP contribution in [-0.2, 0) is 0 Å². The third kappa shape index (κ3) is 2.28. The van der Waals surface area contributed by atoms with Gasteiger partial charge in [-0.2, -0.15) is 0 Å². The fraction of sp³-hybridized carbons (Fsp3) is 0.400. The van der Waals surface area contributed by atoms with Crippen molar-refractivity contribution in [3.63, 3.8) is 0 Å². The first-order valence-electron chi connectivity index (χ1n) is 4.74. The van der Waals surface area contributed by atoms with Crippen molar-refractivity contribution < 1.29 is 9.53 Å². The topological polar surface area (TPSA) is 51.2 Å². The molecule has 1 fully saturated rings. The van der Waals surface area contributed by atoms with E-state index in [1.165, 1.54) is 6.20 Å². The number of amides is 1. The number of hydrogen-bond acceptors (Lipinski definition) is 3. The molecule has 80 valence electrons. The third-order valence-electron chi connectivity index (χ3n) is 2.13. The van der Waals surface area contributed by atoms with Crippen LogP contribution in [0.25, 0.3) is 0 Å². The van der Waals surface area contributed by atoms with Gasteiger partial charge in [-0.3, -0.25) is 9.78 Å². The van der Waals surface area contributed by atoms with Crippen molar-refractivity contribution in [3.05, 3.63) is 22.4 Å². The Bertz CT molecular complexity index is 391. The van der Waals surface area contributed by atoms with Crippen LogP contribution in [-0.4, -0.2) is 24.0 Å². The molecule has 0 saturated heterocycles. The van der Waals surface area contributed by atoms with Crippen molar-refractivity contribution in [1.82, 2.24) is 10.3 Å². The summed E-state index contributed by atoms with van der Waals surface area (Å²) in [7, 11) is 1.59. The van der Waals surface area contributed by atoms with Crippen molar-refractivity contribution >= 4 is 21.8 Å². The van der Waals surface area contributed by atoms with Crippen LogP contribution in [0.3, 0.4) is 0 Å². The fourth-order valence-corrected chi connectivity index (χ4v) is 1.62. The number of rotatable bonds is 3. The first-order valence-corrected chi connectivity index (χ1v) is 5.54. The van der Waals surface area contributed by atoms with E-state index in [2.05, 4.69) is 26.2 Å². The Balaban J connectivity index is 2.33. The number of nitrogens with zero attached hydrogens (tertiary/aromatic N) is 1. The highest BCUT2D eigenvalue weighted by Crippen LogP contribution is 2.34. The van der Waals surface area contributed by atoms with E-state index in [1.807, 2.05) is 0 Å². The SMILES string of the molecule is CNC(=O)c1cncc(Br)c1OC1CC1. The largest absolute Gasteiger partial charge is 0.488 e. The zero-order valence-corrected chi connectivity index (χ0v) is 9.87. The Morgan fingerprint density at radius 3 is 2.93 bits per heavy atom. The van der Waals surface area contributed by atoms with Gasteiger partial charge in [0.2, 0.25) is 0 Å². The Morgan fingerprint density at radius 2 is 2.33 bits per heavy atom. The Hall–Kier alpha value is -1.10. The van der Waals surface area contributed by atoms with Gasteiger partial charge in [0, 0.05) is 19.4 Å². The summed E-state index contributed by atoms with van der Waals surface area (Å²) in [5, 5.41) is 2.56. The standard InChI is InChI=1S/C10H11BrN2O2/c1-12-10(14)7-4-13-5-8(11)9(7)15-6-2-3-6/h4-6H,2-3H2,1H3,(H,12,14). The summed E-state index contributed by atoms with van der Waals surface area (Å²) in [4.78, 5) is 15.5. The first-order chi connectivity index (χ1) is 7.22. The summed E-state index contributed by atoms with van der Waals surface area (Å²) in [5.41, 5.74) is 0.471. The highest BCUT2D eigenvalue weighted by molar-refractivity contribution is 9.10. The van der Waals surface area contributed by atoms with Crippen LogP contribution < -0.4 is 10.1 Å². The molecular formula is C10H11BrN2O2. The highest BCUT2D eigenvalue weighted by Gasteiger charge is 2.27. The van der Waals surface area contributed by atoms with E-state index in [9.17, 15) is 4.79 Å². The van der Waals surface area contributed by atoms with Gasteiger partial charge in [0.25, 0.3) is 5.91 Å². The van der Waals surface area contributed by atoms with Crippen molar-refractivity contribution in [2.24, 2.45) is 0 Å². The number of hydrogen-bond donors (Lipinski definition) is 1. The smallest absolute Gasteiger partial charge is 0.256 e. The van der Waals surface area contributed by atoms with E-state index < -0.39 is 0 Å². The number of carbonyl (C=O) groups excluding carboxylic acids is 1. The van der Waals surface area contributed by atoms with E-state index in [0.29, 0.717) is 11.3 Å². The quantitative estimate of drug-likeness (QED) is 0.911. The monoisotopic (exact) mass is 270 g/mol. The van der Waals surface area contributed by atoms with Gasteiger partial charge in [-0.25, -0.2) is 0 Å². The summed E-state index contributed by atoms with van der Waals surface area (Å²) in [6, 6.07) is 0. The van der Waals surface area contributed by atoms with Gasteiger partial charge in [0.1, 0.15) is 11.3 Å². The third-order valence-corrected chi connectivity index (χ3v) is 2.70. The lowest BCUT2D eigenvalue weighted by molar-refractivity contribution is 0.0958. The lowest BCUT2D eigenvalue weighted by atomic mass is 10.2. The van der Waals surface area contributed by atoms with Crippen LogP contribution in [0.5, 0.6) is 5.75 Å². The maximum Gasteiger partial charge on any atom is 0.256 e. The van der Waals surface area contributed by atoms with Crippen LogP contribution in [0.4, 0.5) is 0 Å². The molecule has 0 bridgehead atoms. The van der Waals surface area contributed by atoms with Gasteiger partial charge in [0.15, 0.2) is 0 Å². The second-order valence-electron chi connectivity index (χ2n) is 3.39. The molecule has 5 heteroatoms. The van der Waals surface area contributed by atoms with Crippen LogP contribution in [0, 0.1) is 0 Å². The second-order valence-corrected chi connectivity index (χ2v) is 4.25. The number of pyridine rings is 1. The number of halogens is 1. The molecule has 2 rings (SSSR count). The van der Waals surface area contributed by atoms with E-state index in [-0.39, 0.29) is 12.0 Å². The van der Waals surface area contributed by atoms with Crippen molar-refractivity contribution in [1.29, 1.82) is 0 Å². The molecule has 0 unspecified atom stereocenters. The maximum absolute atomic E-state index is 11.5. The molecule has 4 nitrogen and oxygen atoms in total. The number of aromatic nitrogens is 1. The number of ether oxygens (including phenoxy) is 1. The number of nitrogens with one attached hydrogen (secondary N) is 1. The van der Waals surface area contributed by atoms with E-state index >= 15 is 0 Å². The number of carbonyl (C=O) groups is 1. The molecule has 0 radical (unpaired) electrons. The van der Waals surface area contributed by atoms with E-state index in [4.69, 9.17) is 4.74 Å². The minimum absolute atomic E-state index is 0.181. The van der Waals surface area contributed by atoms with Crippen LogP contribution >= 0.6 is 15.9 Å². The molecule has 1 saturated carbocycles. The summed E-state index contributed by atoms with van der Waals surface area (Å²) in [6.45, 7) is 0. The highest BCUT2D eigenvalue weighted by atomic mass is 79.9. The molecule has 0 spiro atoms. The second kappa shape index (κ2) is 4.18. The van der Waals surface area contributed by atoms with Crippen LogP contribution in [0.1, 0.15) is 23.2 Å². The van der Waals surface area contributed by atoms with Gasteiger partial charge in [-0.05, 0) is 28.8 Å². The Morgan fingerprint density at radius 1 is 1.60 bits per heavy atom. The average Bonchev–Trinajstić information content (AvgIpc) is 3.04. The summed E-state index contributed by atoms with van der Waals surface area (Å²) in [6.07, 6.45) is 5.52. The lowest BCUT2D eigenvalue weighted by Gasteiger charge is -2.10. The van der Waals surface area contributed by atoms with Gasteiger partial charge in [-0.1, -0.05) is 0 Å². The predicted molar refractivity (Wildman–Crippen MR) is 59.0 cm³/mol. The molecule has 1 aliphatic carbocycles. The van der Waals surface area contributed by atoms with E-state index in [0.717, 1.165) is 17.3 Å². The van der Waals surface area contributed by atoms with Gasteiger partial charge in [-0.15, -0.1) is 0 Å². The molecule has 1 heterocycles. The zero-order valence-electron chi connectivity index (χ0n) is 8.29. The minimum atomic E-state index is -0.181. The van der Waals surface area contributed by atoms with Gasteiger partial charge in [0.05, 0.1) is 10.6 Å². The first kappa shape index (κ1) is 10.4. The molecule has 0 atom stereocenters. The van der Waals surface area contributed by atoms with Gasteiger partial charge >= 0.3 is 0 Å². The molecule has 1 aromatic heterocycles. The summed E-state index contributed by atoms with van der Waals surface area (Å²) in [5.74, 6) is 0.409. The van der Waals surface area contributed by atoms with Gasteiger partial charge < -0.3 is 10.1 Å². The Labute approximate surface area is 96.2 Å². The molecular weight excluding hydrogens is 260 g/mol. The zero-order chi connectivity index (χ0) is 10.8. The minimum Gasteiger partial charge on any atom is -0.488 e.